The van der Waals surface area contributed by atoms with Gasteiger partial charge in [-0.05, 0) is 42.1 Å². The van der Waals surface area contributed by atoms with Crippen molar-refractivity contribution in [1.29, 1.82) is 0 Å². The van der Waals surface area contributed by atoms with Crippen LogP contribution >= 0.6 is 34.3 Å². The lowest BCUT2D eigenvalue weighted by Gasteiger charge is -2.18. The van der Waals surface area contributed by atoms with Crippen LogP contribution in [0.4, 0.5) is 5.69 Å². The number of anilines is 1. The molecule has 0 bridgehead atoms. The summed E-state index contributed by atoms with van der Waals surface area (Å²) in [4.78, 5) is 2.37. The van der Waals surface area contributed by atoms with Crippen molar-refractivity contribution in [2.24, 2.45) is 0 Å². The number of aryl methyl sites for hydroxylation is 1. The lowest BCUT2D eigenvalue weighted by molar-refractivity contribution is 0.471. The second-order valence-electron chi connectivity index (χ2n) is 4.74. The van der Waals surface area contributed by atoms with Crippen LogP contribution < -0.4 is 5.32 Å². The van der Waals surface area contributed by atoms with Gasteiger partial charge in [-0.25, -0.2) is 0 Å². The first-order chi connectivity index (χ1) is 10.1. The molecule has 0 fully saturated rings. The van der Waals surface area contributed by atoms with Crippen molar-refractivity contribution in [3.8, 4) is 5.75 Å². The van der Waals surface area contributed by atoms with Crippen molar-refractivity contribution in [1.82, 2.24) is 0 Å². The Bertz CT molecular complexity index is 737. The van der Waals surface area contributed by atoms with Gasteiger partial charge in [0.05, 0.1) is 10.4 Å². The van der Waals surface area contributed by atoms with Crippen LogP contribution in [-0.2, 0) is 0 Å². The van der Waals surface area contributed by atoms with Crippen molar-refractivity contribution in [2.45, 2.75) is 13.0 Å². The van der Waals surface area contributed by atoms with Crippen LogP contribution in [0.25, 0.3) is 0 Å². The van der Waals surface area contributed by atoms with E-state index in [0.29, 0.717) is 5.75 Å². The first-order valence-corrected chi connectivity index (χ1v) is 8.55. The van der Waals surface area contributed by atoms with E-state index < -0.39 is 0 Å². The van der Waals surface area contributed by atoms with E-state index in [4.69, 9.17) is 11.6 Å². The Hall–Kier alpha value is -1.49. The minimum Gasteiger partial charge on any atom is -0.508 e. The van der Waals surface area contributed by atoms with Crippen molar-refractivity contribution in [3.05, 3.63) is 67.5 Å². The van der Waals surface area contributed by atoms with E-state index in [9.17, 15) is 5.11 Å². The lowest BCUT2D eigenvalue weighted by Crippen LogP contribution is -2.09. The summed E-state index contributed by atoms with van der Waals surface area (Å²) < 4.78 is 0.778. The van der Waals surface area contributed by atoms with Gasteiger partial charge in [0, 0.05) is 21.5 Å². The highest BCUT2D eigenvalue weighted by atomic mass is 35.5. The zero-order valence-electron chi connectivity index (χ0n) is 11.3. The molecule has 0 amide bonds. The molecule has 0 spiro atoms. The second kappa shape index (κ2) is 6.10. The number of phenols is 1. The number of halogens is 1. The first kappa shape index (κ1) is 14.4. The van der Waals surface area contributed by atoms with Gasteiger partial charge in [-0.2, -0.15) is 0 Å². The number of benzene rings is 1. The summed E-state index contributed by atoms with van der Waals surface area (Å²) in [6.07, 6.45) is 0. The van der Waals surface area contributed by atoms with Crippen LogP contribution in [0.1, 0.15) is 21.4 Å². The summed E-state index contributed by atoms with van der Waals surface area (Å²) in [5.41, 5.74) is 1.76. The molecule has 1 atom stereocenters. The number of thiophene rings is 2. The largest absolute Gasteiger partial charge is 0.508 e. The van der Waals surface area contributed by atoms with Gasteiger partial charge >= 0.3 is 0 Å². The zero-order valence-corrected chi connectivity index (χ0v) is 13.7. The number of hydrogen-bond donors (Lipinski definition) is 2. The molecule has 5 heteroatoms. The van der Waals surface area contributed by atoms with Gasteiger partial charge in [-0.1, -0.05) is 23.7 Å². The Morgan fingerprint density at radius 3 is 2.62 bits per heavy atom. The summed E-state index contributed by atoms with van der Waals surface area (Å²) in [6.45, 7) is 1.88. The van der Waals surface area contributed by atoms with Gasteiger partial charge in [0.25, 0.3) is 0 Å². The Kier molecular flexibility index (Phi) is 4.19. The molecule has 0 saturated heterocycles. The standard InChI is InChI=1S/C16H14ClNOS2/c1-10-4-5-11(9-12(10)19)18-16(13-3-2-8-20-13)14-6-7-15(17)21-14/h2-9,16,18-19H,1H3. The third-order valence-corrected chi connectivity index (χ3v) is 5.46. The average molecular weight is 336 g/mol. The van der Waals surface area contributed by atoms with E-state index in [0.717, 1.165) is 20.5 Å². The molecule has 0 aliphatic carbocycles. The summed E-state index contributed by atoms with van der Waals surface area (Å²) in [5.74, 6) is 0.300. The fourth-order valence-electron chi connectivity index (χ4n) is 2.09. The summed E-state index contributed by atoms with van der Waals surface area (Å²) in [6, 6.07) is 13.8. The van der Waals surface area contributed by atoms with E-state index in [2.05, 4.69) is 16.8 Å². The third kappa shape index (κ3) is 3.23. The Balaban J connectivity index is 1.94. The molecular formula is C16H14ClNOS2. The molecule has 0 radical (unpaired) electrons. The number of hydrogen-bond acceptors (Lipinski definition) is 4. The Morgan fingerprint density at radius 1 is 1.14 bits per heavy atom. The van der Waals surface area contributed by atoms with Crippen LogP contribution in [0.15, 0.2) is 47.8 Å². The third-order valence-electron chi connectivity index (χ3n) is 3.23. The molecule has 3 rings (SSSR count). The number of nitrogens with one attached hydrogen (secondary N) is 1. The van der Waals surface area contributed by atoms with Crippen molar-refractivity contribution < 1.29 is 5.11 Å². The highest BCUT2D eigenvalue weighted by molar-refractivity contribution is 7.16. The average Bonchev–Trinajstić information content (AvgIpc) is 3.11. The minimum atomic E-state index is 0.0459. The monoisotopic (exact) mass is 335 g/mol. The van der Waals surface area contributed by atoms with Crippen LogP contribution in [-0.4, -0.2) is 5.11 Å². The molecule has 0 aliphatic heterocycles. The Labute approximate surface area is 136 Å². The number of aromatic hydroxyl groups is 1. The smallest absolute Gasteiger partial charge is 0.120 e. The van der Waals surface area contributed by atoms with E-state index in [1.165, 1.54) is 4.88 Å². The van der Waals surface area contributed by atoms with Crippen LogP contribution in [0.5, 0.6) is 5.75 Å². The van der Waals surface area contributed by atoms with Crippen LogP contribution in [0.2, 0.25) is 4.34 Å². The van der Waals surface area contributed by atoms with E-state index in [-0.39, 0.29) is 6.04 Å². The van der Waals surface area contributed by atoms with Crippen molar-refractivity contribution in [2.75, 3.05) is 5.32 Å². The van der Waals surface area contributed by atoms with Crippen molar-refractivity contribution in [3.63, 3.8) is 0 Å². The SMILES string of the molecule is Cc1ccc(NC(c2cccs2)c2ccc(Cl)s2)cc1O. The maximum absolute atomic E-state index is 9.86. The molecule has 21 heavy (non-hydrogen) atoms. The zero-order chi connectivity index (χ0) is 14.8. The van der Waals surface area contributed by atoms with Gasteiger partial charge in [0.2, 0.25) is 0 Å². The molecule has 1 aromatic carbocycles. The minimum absolute atomic E-state index is 0.0459. The maximum Gasteiger partial charge on any atom is 0.120 e. The van der Waals surface area contributed by atoms with Gasteiger partial charge < -0.3 is 10.4 Å². The number of rotatable bonds is 4. The maximum atomic E-state index is 9.86. The van der Waals surface area contributed by atoms with E-state index in [1.807, 2.05) is 37.3 Å². The molecule has 2 nitrogen and oxygen atoms in total. The molecular weight excluding hydrogens is 322 g/mol. The molecule has 108 valence electrons. The highest BCUT2D eigenvalue weighted by Gasteiger charge is 2.17. The number of phenolic OH excluding ortho intramolecular Hbond substituents is 1. The second-order valence-corrected chi connectivity index (χ2v) is 7.46. The molecule has 3 aromatic rings. The fraction of sp³-hybridized carbons (Fsp3) is 0.125. The first-order valence-electron chi connectivity index (χ1n) is 6.48. The highest BCUT2D eigenvalue weighted by Crippen LogP contribution is 2.36. The normalized spacial score (nSPS) is 12.3. The van der Waals surface area contributed by atoms with Gasteiger partial charge in [0.1, 0.15) is 5.75 Å². The summed E-state index contributed by atoms with van der Waals surface area (Å²) in [7, 11) is 0. The molecule has 2 aromatic heterocycles. The molecule has 0 saturated carbocycles. The molecule has 1 unspecified atom stereocenters. The molecule has 2 N–H and O–H groups in total. The fourth-order valence-corrected chi connectivity index (χ4v) is 4.09. The van der Waals surface area contributed by atoms with Gasteiger partial charge in [-0.15, -0.1) is 22.7 Å². The molecule has 2 heterocycles. The Morgan fingerprint density at radius 2 is 2.00 bits per heavy atom. The van der Waals surface area contributed by atoms with Crippen LogP contribution in [0, 0.1) is 6.92 Å². The predicted octanol–water partition coefficient (Wildman–Crippen LogP) is 5.68. The lowest BCUT2D eigenvalue weighted by atomic mass is 10.1. The van der Waals surface area contributed by atoms with E-state index in [1.54, 1.807) is 28.7 Å². The van der Waals surface area contributed by atoms with Gasteiger partial charge in [-0.3, -0.25) is 0 Å². The van der Waals surface area contributed by atoms with E-state index >= 15 is 0 Å². The summed E-state index contributed by atoms with van der Waals surface area (Å²) in [5, 5.41) is 15.4. The van der Waals surface area contributed by atoms with Gasteiger partial charge in [0.15, 0.2) is 0 Å². The molecule has 0 aliphatic rings. The van der Waals surface area contributed by atoms with Crippen molar-refractivity contribution >= 4 is 40.0 Å². The topological polar surface area (TPSA) is 32.3 Å². The van der Waals surface area contributed by atoms with Crippen LogP contribution in [0.3, 0.4) is 0 Å². The quantitative estimate of drug-likeness (QED) is 0.643. The summed E-state index contributed by atoms with van der Waals surface area (Å²) >= 11 is 9.34. The predicted molar refractivity (Wildman–Crippen MR) is 92.0 cm³/mol.